The van der Waals surface area contributed by atoms with Crippen LogP contribution in [0, 0.1) is 0 Å². The molecule has 0 heterocycles. The summed E-state index contributed by atoms with van der Waals surface area (Å²) in [6.45, 7) is 1.35. The predicted octanol–water partition coefficient (Wildman–Crippen LogP) is 2.39. The lowest BCUT2D eigenvalue weighted by Crippen LogP contribution is -2.24. The average Bonchev–Trinajstić information content (AvgIpc) is 2.15. The monoisotopic (exact) mass is 267 g/mol. The molecule has 0 aliphatic rings. The smallest absolute Gasteiger partial charge is 0.225 e. The van der Waals surface area contributed by atoms with Crippen molar-refractivity contribution in [3.05, 3.63) is 29.8 Å². The summed E-state index contributed by atoms with van der Waals surface area (Å²) in [7, 11) is -4.15. The molecule has 0 fully saturated rings. The first-order chi connectivity index (χ1) is 7.68. The second-order valence-corrected chi connectivity index (χ2v) is 5.12. The van der Waals surface area contributed by atoms with Crippen LogP contribution in [0.5, 0.6) is 0 Å². The minimum Gasteiger partial charge on any atom is -0.225 e. The highest BCUT2D eigenvalue weighted by molar-refractivity contribution is 7.89. The Labute approximate surface area is 97.5 Å². The Morgan fingerprint density at radius 1 is 1.29 bits per heavy atom. The molecule has 0 amide bonds. The van der Waals surface area contributed by atoms with Gasteiger partial charge in [0.15, 0.2) is 0 Å². The summed E-state index contributed by atoms with van der Waals surface area (Å²) in [5, 5.41) is 4.90. The lowest BCUT2D eigenvalue weighted by Gasteiger charge is -2.20. The van der Waals surface area contributed by atoms with Crippen LogP contribution < -0.4 is 5.14 Å². The van der Waals surface area contributed by atoms with Gasteiger partial charge in [-0.15, -0.1) is 0 Å². The van der Waals surface area contributed by atoms with E-state index in [0.29, 0.717) is 0 Å². The molecular formula is C10H12F3NO2S. The van der Waals surface area contributed by atoms with Gasteiger partial charge in [0.2, 0.25) is 10.0 Å². The van der Waals surface area contributed by atoms with Crippen LogP contribution in [0.4, 0.5) is 13.2 Å². The highest BCUT2D eigenvalue weighted by Crippen LogP contribution is 2.39. The predicted molar refractivity (Wildman–Crippen MR) is 56.9 cm³/mol. The van der Waals surface area contributed by atoms with Gasteiger partial charge in [-0.25, -0.2) is 13.6 Å². The molecule has 7 heteroatoms. The first kappa shape index (κ1) is 14.0. The van der Waals surface area contributed by atoms with Gasteiger partial charge in [-0.2, -0.15) is 13.2 Å². The Hall–Kier alpha value is -1.08. The van der Waals surface area contributed by atoms with Crippen molar-refractivity contribution in [2.75, 3.05) is 0 Å². The summed E-state index contributed by atoms with van der Waals surface area (Å²) in [5.41, 5.74) is -0.301. The second-order valence-electron chi connectivity index (χ2n) is 3.59. The van der Waals surface area contributed by atoms with Gasteiger partial charge in [0.05, 0.1) is 10.8 Å². The highest BCUT2D eigenvalue weighted by Gasteiger charge is 2.41. The molecule has 1 unspecified atom stereocenters. The number of hydrogen-bond acceptors (Lipinski definition) is 2. The van der Waals surface area contributed by atoms with Gasteiger partial charge in [-0.1, -0.05) is 25.1 Å². The van der Waals surface area contributed by atoms with Gasteiger partial charge < -0.3 is 0 Å². The second kappa shape index (κ2) is 4.66. The van der Waals surface area contributed by atoms with Crippen LogP contribution in [0.1, 0.15) is 24.8 Å². The average molecular weight is 267 g/mol. The summed E-state index contributed by atoms with van der Waals surface area (Å²) in [6, 6.07) is 4.92. The minimum absolute atomic E-state index is 0.240. The summed E-state index contributed by atoms with van der Waals surface area (Å²) < 4.78 is 60.6. The van der Waals surface area contributed by atoms with Crippen LogP contribution in [-0.2, 0) is 10.0 Å². The number of benzene rings is 1. The Bertz CT molecular complexity index is 497. The Morgan fingerprint density at radius 3 is 2.24 bits per heavy atom. The van der Waals surface area contributed by atoms with Gasteiger partial charge in [0.1, 0.15) is 0 Å². The molecule has 0 bridgehead atoms. The van der Waals surface area contributed by atoms with Crippen LogP contribution in [0.25, 0.3) is 0 Å². The number of halogens is 3. The highest BCUT2D eigenvalue weighted by atomic mass is 32.2. The van der Waals surface area contributed by atoms with E-state index >= 15 is 0 Å². The maximum absolute atomic E-state index is 12.7. The third kappa shape index (κ3) is 3.19. The van der Waals surface area contributed by atoms with Crippen molar-refractivity contribution in [1.29, 1.82) is 0 Å². The third-order valence-corrected chi connectivity index (χ3v) is 3.39. The number of primary sulfonamides is 1. The van der Waals surface area contributed by atoms with E-state index in [1.807, 2.05) is 0 Å². The third-order valence-electron chi connectivity index (χ3n) is 2.40. The van der Waals surface area contributed by atoms with E-state index in [9.17, 15) is 21.6 Å². The van der Waals surface area contributed by atoms with Crippen molar-refractivity contribution in [1.82, 2.24) is 0 Å². The molecule has 17 heavy (non-hydrogen) atoms. The maximum Gasteiger partial charge on any atom is 0.395 e. The fourth-order valence-corrected chi connectivity index (χ4v) is 2.46. The van der Waals surface area contributed by atoms with Crippen molar-refractivity contribution in [3.8, 4) is 0 Å². The molecule has 1 atom stereocenters. The Kier molecular flexibility index (Phi) is 3.83. The molecule has 0 saturated carbocycles. The molecule has 96 valence electrons. The lowest BCUT2D eigenvalue weighted by molar-refractivity contribution is -0.151. The van der Waals surface area contributed by atoms with Crippen molar-refractivity contribution in [3.63, 3.8) is 0 Å². The van der Waals surface area contributed by atoms with Crippen LogP contribution in [-0.4, -0.2) is 14.6 Å². The first-order valence-corrected chi connectivity index (χ1v) is 6.41. The van der Waals surface area contributed by atoms with E-state index < -0.39 is 27.0 Å². The fourth-order valence-electron chi connectivity index (χ4n) is 1.66. The van der Waals surface area contributed by atoms with Gasteiger partial charge >= 0.3 is 6.18 Å². The summed E-state index contributed by atoms with van der Waals surface area (Å²) in [5.74, 6) is -1.82. The molecule has 0 aliphatic heterocycles. The van der Waals surface area contributed by atoms with E-state index in [4.69, 9.17) is 5.14 Å². The number of nitrogens with two attached hydrogens (primary N) is 1. The van der Waals surface area contributed by atoms with Crippen molar-refractivity contribution in [2.24, 2.45) is 5.14 Å². The standard InChI is InChI=1S/C10H12F3NO2S/c1-2-8(10(11,12)13)7-5-3-4-6-9(7)17(14,15)16/h3-6,8H,2H2,1H3,(H2,14,15,16). The molecule has 0 aromatic heterocycles. The summed E-state index contributed by atoms with van der Waals surface area (Å²) >= 11 is 0. The molecule has 3 nitrogen and oxygen atoms in total. The number of sulfonamides is 1. The van der Waals surface area contributed by atoms with Gasteiger partial charge in [0, 0.05) is 0 Å². The molecule has 1 aromatic carbocycles. The van der Waals surface area contributed by atoms with E-state index in [-0.39, 0.29) is 12.0 Å². The molecular weight excluding hydrogens is 255 g/mol. The molecule has 0 saturated heterocycles. The topological polar surface area (TPSA) is 60.2 Å². The zero-order valence-corrected chi connectivity index (χ0v) is 9.85. The lowest BCUT2D eigenvalue weighted by atomic mass is 9.96. The van der Waals surface area contributed by atoms with Crippen LogP contribution in [0.2, 0.25) is 0 Å². The number of hydrogen-bond donors (Lipinski definition) is 1. The zero-order chi connectivity index (χ0) is 13.3. The van der Waals surface area contributed by atoms with Crippen molar-refractivity contribution >= 4 is 10.0 Å². The van der Waals surface area contributed by atoms with Gasteiger partial charge in [-0.05, 0) is 18.1 Å². The maximum atomic E-state index is 12.7. The molecule has 0 radical (unpaired) electrons. The SMILES string of the molecule is CCC(c1ccccc1S(N)(=O)=O)C(F)(F)F. The van der Waals surface area contributed by atoms with Crippen LogP contribution >= 0.6 is 0 Å². The Morgan fingerprint density at radius 2 is 1.82 bits per heavy atom. The molecule has 2 N–H and O–H groups in total. The first-order valence-electron chi connectivity index (χ1n) is 4.86. The number of rotatable bonds is 3. The van der Waals surface area contributed by atoms with Crippen molar-refractivity contribution in [2.45, 2.75) is 30.3 Å². The normalized spacial score (nSPS) is 14.6. The molecule has 1 aromatic rings. The Balaban J connectivity index is 3.41. The van der Waals surface area contributed by atoms with E-state index in [2.05, 4.69) is 0 Å². The van der Waals surface area contributed by atoms with Crippen LogP contribution in [0.3, 0.4) is 0 Å². The summed E-state index contributed by atoms with van der Waals surface area (Å²) in [6.07, 6.45) is -4.73. The minimum atomic E-state index is -4.49. The fraction of sp³-hybridized carbons (Fsp3) is 0.400. The number of alkyl halides is 3. The van der Waals surface area contributed by atoms with Gasteiger partial charge in [0.25, 0.3) is 0 Å². The van der Waals surface area contributed by atoms with E-state index in [1.165, 1.54) is 19.1 Å². The zero-order valence-electron chi connectivity index (χ0n) is 9.03. The van der Waals surface area contributed by atoms with Gasteiger partial charge in [-0.3, -0.25) is 0 Å². The summed E-state index contributed by atoms with van der Waals surface area (Å²) in [4.78, 5) is -0.468. The molecule has 0 spiro atoms. The largest absolute Gasteiger partial charge is 0.395 e. The molecule has 1 rings (SSSR count). The van der Waals surface area contributed by atoms with E-state index in [0.717, 1.165) is 12.1 Å². The van der Waals surface area contributed by atoms with Crippen molar-refractivity contribution < 1.29 is 21.6 Å². The molecule has 0 aliphatic carbocycles. The van der Waals surface area contributed by atoms with Crippen LogP contribution in [0.15, 0.2) is 29.2 Å². The quantitative estimate of drug-likeness (QED) is 0.914. The van der Waals surface area contributed by atoms with E-state index in [1.54, 1.807) is 0 Å².